The zero-order valence-electron chi connectivity index (χ0n) is 10.6. The molecule has 2 nitrogen and oxygen atoms in total. The number of nitrogens with one attached hydrogen (secondary N) is 1. The van der Waals surface area contributed by atoms with Crippen molar-refractivity contribution in [1.29, 1.82) is 0 Å². The fourth-order valence-corrected chi connectivity index (χ4v) is 2.36. The maximum atomic E-state index is 6.21. The Morgan fingerprint density at radius 2 is 2.06 bits per heavy atom. The van der Waals surface area contributed by atoms with Crippen LogP contribution in [0.25, 0.3) is 0 Å². The molecular weight excluding hydrogens is 255 g/mol. The van der Waals surface area contributed by atoms with Gasteiger partial charge in [0.25, 0.3) is 0 Å². The summed E-state index contributed by atoms with van der Waals surface area (Å²) in [7, 11) is 1.90. The summed E-state index contributed by atoms with van der Waals surface area (Å²) in [5.74, 6) is 0. The fourth-order valence-electron chi connectivity index (χ4n) is 1.79. The maximum Gasteiger partial charge on any atom is 0.0686 e. The Morgan fingerprint density at radius 1 is 1.41 bits per heavy atom. The van der Waals surface area contributed by atoms with Gasteiger partial charge in [-0.1, -0.05) is 35.3 Å². The van der Waals surface area contributed by atoms with E-state index in [1.807, 2.05) is 26.1 Å². The van der Waals surface area contributed by atoms with Crippen LogP contribution in [0.1, 0.15) is 32.4 Å². The van der Waals surface area contributed by atoms with Gasteiger partial charge in [-0.2, -0.15) is 0 Å². The molecule has 94 valence electrons. The first kappa shape index (κ1) is 14.4. The molecule has 4 heteroatoms. The van der Waals surface area contributed by atoms with Crippen LogP contribution in [-0.2, 0) is 0 Å². The van der Waals surface area contributed by atoms with Crippen LogP contribution in [-0.4, -0.2) is 12.1 Å². The van der Waals surface area contributed by atoms with Gasteiger partial charge >= 0.3 is 0 Å². The summed E-state index contributed by atoms with van der Waals surface area (Å²) < 4.78 is 0. The quantitative estimate of drug-likeness (QED) is 0.817. The number of rotatable bonds is 4. The lowest BCUT2D eigenvalue weighted by Crippen LogP contribution is -2.35. The van der Waals surface area contributed by atoms with Crippen molar-refractivity contribution in [3.63, 3.8) is 0 Å². The molecule has 0 spiro atoms. The summed E-state index contributed by atoms with van der Waals surface area (Å²) in [5.41, 5.74) is 5.36. The molecule has 0 amide bonds. The van der Waals surface area contributed by atoms with Crippen LogP contribution in [0, 0.1) is 0 Å². The molecule has 1 aromatic carbocycles. The highest BCUT2D eigenvalue weighted by molar-refractivity contribution is 6.35. The molecule has 0 saturated carbocycles. The summed E-state index contributed by atoms with van der Waals surface area (Å²) in [6.07, 6.45) is 2.05. The molecule has 1 aromatic rings. The number of halogens is 2. The first-order valence-electron chi connectivity index (χ1n) is 5.55. The van der Waals surface area contributed by atoms with E-state index in [0.717, 1.165) is 11.3 Å². The molecule has 0 aliphatic heterocycles. The molecule has 0 radical (unpaired) electrons. The number of nitrogens with zero attached hydrogens (tertiary/aromatic N) is 1. The van der Waals surface area contributed by atoms with E-state index in [9.17, 15) is 0 Å². The van der Waals surface area contributed by atoms with Gasteiger partial charge in [0.2, 0.25) is 0 Å². The molecular formula is C13H18Cl2N2. The molecule has 17 heavy (non-hydrogen) atoms. The van der Waals surface area contributed by atoms with Gasteiger partial charge in [-0.15, -0.1) is 0 Å². The standard InChI is InChI=1S/C13H18Cl2N2/c1-5-9(2)17(16-4)10(3)12-7-6-11(14)8-13(12)15/h5-8,10,16H,1-4H3/b9-5+. The van der Waals surface area contributed by atoms with Crippen LogP contribution in [0.5, 0.6) is 0 Å². The van der Waals surface area contributed by atoms with E-state index in [0.29, 0.717) is 10.0 Å². The van der Waals surface area contributed by atoms with Crippen LogP contribution in [0.3, 0.4) is 0 Å². The highest BCUT2D eigenvalue weighted by Crippen LogP contribution is 2.30. The van der Waals surface area contributed by atoms with Crippen LogP contribution in [0.4, 0.5) is 0 Å². The van der Waals surface area contributed by atoms with Crippen molar-refractivity contribution in [3.8, 4) is 0 Å². The van der Waals surface area contributed by atoms with E-state index in [4.69, 9.17) is 23.2 Å². The van der Waals surface area contributed by atoms with Gasteiger partial charge in [0.15, 0.2) is 0 Å². The molecule has 0 aromatic heterocycles. The van der Waals surface area contributed by atoms with Crippen molar-refractivity contribution in [1.82, 2.24) is 10.4 Å². The molecule has 0 aliphatic carbocycles. The molecule has 1 rings (SSSR count). The Bertz CT molecular complexity index is 416. The minimum Gasteiger partial charge on any atom is -0.306 e. The Kier molecular flexibility index (Phi) is 5.31. The van der Waals surface area contributed by atoms with Crippen LogP contribution in [0.15, 0.2) is 30.0 Å². The van der Waals surface area contributed by atoms with Gasteiger partial charge in [0.1, 0.15) is 0 Å². The normalized spacial score (nSPS) is 13.6. The van der Waals surface area contributed by atoms with E-state index >= 15 is 0 Å². The summed E-state index contributed by atoms with van der Waals surface area (Å²) in [5, 5.41) is 3.41. The van der Waals surface area contributed by atoms with Gasteiger partial charge in [0.05, 0.1) is 6.04 Å². The van der Waals surface area contributed by atoms with Crippen molar-refractivity contribution < 1.29 is 0 Å². The zero-order chi connectivity index (χ0) is 13.0. The van der Waals surface area contributed by atoms with Gasteiger partial charge in [-0.3, -0.25) is 0 Å². The van der Waals surface area contributed by atoms with E-state index in [-0.39, 0.29) is 6.04 Å². The summed E-state index contributed by atoms with van der Waals surface area (Å²) in [6.45, 7) is 6.16. The summed E-state index contributed by atoms with van der Waals surface area (Å²) in [6, 6.07) is 5.73. The molecule has 0 saturated heterocycles. The highest BCUT2D eigenvalue weighted by atomic mass is 35.5. The number of hydrazine groups is 1. The first-order chi connectivity index (χ1) is 8.01. The lowest BCUT2D eigenvalue weighted by Gasteiger charge is -2.31. The van der Waals surface area contributed by atoms with Gasteiger partial charge < -0.3 is 5.01 Å². The van der Waals surface area contributed by atoms with Crippen LogP contribution >= 0.6 is 23.2 Å². The number of hydrogen-bond acceptors (Lipinski definition) is 2. The van der Waals surface area contributed by atoms with Crippen molar-refractivity contribution >= 4 is 23.2 Å². The minimum absolute atomic E-state index is 0.140. The Hall–Kier alpha value is -0.700. The number of benzene rings is 1. The molecule has 0 fully saturated rings. The van der Waals surface area contributed by atoms with Crippen LogP contribution < -0.4 is 5.43 Å². The summed E-state index contributed by atoms with van der Waals surface area (Å²) >= 11 is 12.1. The van der Waals surface area contributed by atoms with Gasteiger partial charge in [0, 0.05) is 22.8 Å². The SMILES string of the molecule is C/C=C(\C)N(NC)C(C)c1ccc(Cl)cc1Cl. The second-order valence-corrected chi connectivity index (χ2v) is 4.71. The topological polar surface area (TPSA) is 15.3 Å². The third-order valence-electron chi connectivity index (χ3n) is 2.84. The third kappa shape index (κ3) is 3.38. The molecule has 1 N–H and O–H groups in total. The second-order valence-electron chi connectivity index (χ2n) is 3.87. The lowest BCUT2D eigenvalue weighted by atomic mass is 10.1. The molecule has 0 bridgehead atoms. The number of allylic oxidation sites excluding steroid dienone is 2. The first-order valence-corrected chi connectivity index (χ1v) is 6.31. The minimum atomic E-state index is 0.140. The fraction of sp³-hybridized carbons (Fsp3) is 0.385. The smallest absolute Gasteiger partial charge is 0.0686 e. The average molecular weight is 273 g/mol. The molecule has 0 aliphatic rings. The van der Waals surface area contributed by atoms with Crippen molar-refractivity contribution in [2.45, 2.75) is 26.8 Å². The lowest BCUT2D eigenvalue weighted by molar-refractivity contribution is 0.206. The zero-order valence-corrected chi connectivity index (χ0v) is 12.1. The summed E-state index contributed by atoms with van der Waals surface area (Å²) in [4.78, 5) is 0. The van der Waals surface area contributed by atoms with Crippen molar-refractivity contribution in [2.24, 2.45) is 0 Å². The predicted molar refractivity (Wildman–Crippen MR) is 75.2 cm³/mol. The largest absolute Gasteiger partial charge is 0.306 e. The molecule has 1 unspecified atom stereocenters. The van der Waals surface area contributed by atoms with E-state index in [1.165, 1.54) is 0 Å². The third-order valence-corrected chi connectivity index (χ3v) is 3.40. The second kappa shape index (κ2) is 6.29. The van der Waals surface area contributed by atoms with Crippen LogP contribution in [0.2, 0.25) is 10.0 Å². The van der Waals surface area contributed by atoms with Crippen molar-refractivity contribution in [2.75, 3.05) is 7.05 Å². The number of hydrogen-bond donors (Lipinski definition) is 1. The van der Waals surface area contributed by atoms with Gasteiger partial charge in [-0.05, 0) is 38.5 Å². The Labute approximate surface area is 113 Å². The average Bonchev–Trinajstić information content (AvgIpc) is 2.29. The molecule has 1 atom stereocenters. The van der Waals surface area contributed by atoms with Crippen molar-refractivity contribution in [3.05, 3.63) is 45.6 Å². The van der Waals surface area contributed by atoms with E-state index in [2.05, 4.69) is 30.4 Å². The van der Waals surface area contributed by atoms with E-state index < -0.39 is 0 Å². The monoisotopic (exact) mass is 272 g/mol. The molecule has 0 heterocycles. The Morgan fingerprint density at radius 3 is 2.53 bits per heavy atom. The maximum absolute atomic E-state index is 6.21. The predicted octanol–water partition coefficient (Wildman–Crippen LogP) is 4.41. The van der Waals surface area contributed by atoms with Gasteiger partial charge in [-0.25, -0.2) is 5.43 Å². The van der Waals surface area contributed by atoms with E-state index in [1.54, 1.807) is 6.07 Å². The highest BCUT2D eigenvalue weighted by Gasteiger charge is 2.17. The Balaban J connectivity index is 3.06.